The molecule has 0 N–H and O–H groups in total. The van der Waals surface area contributed by atoms with Crippen molar-refractivity contribution in [2.45, 2.75) is 72.6 Å². The molecule has 0 bridgehead atoms. The van der Waals surface area contributed by atoms with Gasteiger partial charge in [0.1, 0.15) is 0 Å². The third kappa shape index (κ3) is 22.0. The first-order chi connectivity index (χ1) is 13.1. The van der Waals surface area contributed by atoms with Crippen molar-refractivity contribution in [3.63, 3.8) is 0 Å². The minimum absolute atomic E-state index is 0. The third-order valence-electron chi connectivity index (χ3n) is 4.36. The van der Waals surface area contributed by atoms with Crippen LogP contribution in [-0.2, 0) is 17.1 Å². The van der Waals surface area contributed by atoms with Crippen molar-refractivity contribution in [3.05, 3.63) is 63.7 Å². The maximum Gasteiger partial charge on any atom is 2.00 e. The van der Waals surface area contributed by atoms with E-state index in [1.54, 1.807) is 13.3 Å². The fourth-order valence-corrected chi connectivity index (χ4v) is 12.2. The van der Waals surface area contributed by atoms with Crippen LogP contribution in [0.15, 0.2) is 0 Å². The monoisotopic (exact) mass is 533 g/mol. The van der Waals surface area contributed by atoms with Crippen LogP contribution in [-0.4, -0.2) is 45.3 Å². The molecule has 0 heterocycles. The van der Waals surface area contributed by atoms with Crippen molar-refractivity contribution < 1.29 is 17.1 Å². The van der Waals surface area contributed by atoms with Gasteiger partial charge in [0.25, 0.3) is 0 Å². The molecule has 0 saturated heterocycles. The van der Waals surface area contributed by atoms with Gasteiger partial charge in [-0.25, -0.2) is 6.42 Å². The summed E-state index contributed by atoms with van der Waals surface area (Å²) in [7, 11) is 4.11. The van der Waals surface area contributed by atoms with Gasteiger partial charge in [-0.05, 0) is 52.7 Å². The van der Waals surface area contributed by atoms with Crippen LogP contribution < -0.4 is 0 Å². The minimum Gasteiger partial charge on any atom is -0.469 e. The zero-order valence-electron chi connectivity index (χ0n) is 19.0. The summed E-state index contributed by atoms with van der Waals surface area (Å²) in [6, 6.07) is 0. The minimum atomic E-state index is -0.839. The van der Waals surface area contributed by atoms with Gasteiger partial charge in [-0.15, -0.1) is 0 Å². The molecule has 2 fully saturated rings. The first-order valence-corrected chi connectivity index (χ1v) is 17.0. The van der Waals surface area contributed by atoms with E-state index in [0.29, 0.717) is 0 Å². The van der Waals surface area contributed by atoms with Crippen LogP contribution in [0.2, 0.25) is 13.3 Å². The van der Waals surface area contributed by atoms with E-state index in [1.807, 2.05) is 44.9 Å². The first-order valence-electron chi connectivity index (χ1n) is 10.9. The zero-order chi connectivity index (χ0) is 20.2. The Morgan fingerprint density at radius 2 is 1.18 bits per heavy atom. The summed E-state index contributed by atoms with van der Waals surface area (Å²) in [5, 5.41) is 0. The smallest absolute Gasteiger partial charge is 0.469 e. The third-order valence-corrected chi connectivity index (χ3v) is 13.4. The molecule has 0 aromatic rings. The Balaban J connectivity index is 0. The van der Waals surface area contributed by atoms with E-state index >= 15 is 0 Å². The van der Waals surface area contributed by atoms with Gasteiger partial charge in [-0.2, -0.15) is 5.92 Å². The summed E-state index contributed by atoms with van der Waals surface area (Å²) >= 11 is -0.839. The summed E-state index contributed by atoms with van der Waals surface area (Å²) in [6.45, 7) is 7.99. The van der Waals surface area contributed by atoms with Crippen LogP contribution in [0.3, 0.4) is 0 Å². The molecule has 0 amide bonds. The van der Waals surface area contributed by atoms with E-state index in [9.17, 15) is 0 Å². The normalized spacial score (nSPS) is 16.1. The second-order valence-corrected chi connectivity index (χ2v) is 16.0. The molecule has 2 aliphatic rings. The number of hydrogen-bond donors (Lipinski definition) is 0. The van der Waals surface area contributed by atoms with Gasteiger partial charge in [-0.3, -0.25) is 0 Å². The van der Waals surface area contributed by atoms with Crippen LogP contribution in [0.4, 0.5) is 0 Å². The number of hydrogen-bond acceptors (Lipinski definition) is 1. The van der Waals surface area contributed by atoms with Crippen LogP contribution in [0.5, 0.6) is 0 Å². The van der Waals surface area contributed by atoms with E-state index in [1.165, 1.54) is 44.4 Å². The van der Waals surface area contributed by atoms with Crippen molar-refractivity contribution in [1.82, 2.24) is 4.90 Å². The van der Waals surface area contributed by atoms with E-state index in [2.05, 4.69) is 52.6 Å². The van der Waals surface area contributed by atoms with Crippen molar-refractivity contribution in [2.24, 2.45) is 0 Å². The topological polar surface area (TPSA) is 3.24 Å². The average molecular weight is 532 g/mol. The Morgan fingerprint density at radius 3 is 1.46 bits per heavy atom. The zero-order valence-corrected chi connectivity index (χ0v) is 22.9. The summed E-state index contributed by atoms with van der Waals surface area (Å²) in [6.07, 6.45) is 28.0. The predicted octanol–water partition coefficient (Wildman–Crippen LogP) is 6.73. The van der Waals surface area contributed by atoms with Crippen LogP contribution in [0.1, 0.15) is 59.3 Å². The Kier molecular flexibility index (Phi) is 27.6. The molecule has 0 aromatic heterocycles. The Bertz CT molecular complexity index is 249. The van der Waals surface area contributed by atoms with Crippen molar-refractivity contribution in [2.75, 3.05) is 20.6 Å². The van der Waals surface area contributed by atoms with Crippen LogP contribution in [0, 0.1) is 63.7 Å². The van der Waals surface area contributed by atoms with Gasteiger partial charge in [0.2, 0.25) is 0 Å². The summed E-state index contributed by atoms with van der Waals surface area (Å²) in [5.74, 6) is 1.26. The maximum atomic E-state index is 3.13. The second kappa shape index (κ2) is 24.5. The molecule has 0 aromatic carbocycles. The molecule has 1 nitrogen and oxygen atoms in total. The van der Waals surface area contributed by atoms with Crippen molar-refractivity contribution in [3.8, 4) is 0 Å². The van der Waals surface area contributed by atoms with Gasteiger partial charge < -0.3 is 11.3 Å². The quantitative estimate of drug-likeness (QED) is 0.211. The molecule has 2 aliphatic carbocycles. The Morgan fingerprint density at radius 1 is 0.750 bits per heavy atom. The van der Waals surface area contributed by atoms with Gasteiger partial charge in [-0.1, -0.05) is 12.8 Å². The number of rotatable bonds is 11. The van der Waals surface area contributed by atoms with Crippen LogP contribution >= 0.6 is 0 Å². The second-order valence-electron chi connectivity index (χ2n) is 7.46. The Labute approximate surface area is 197 Å². The first kappa shape index (κ1) is 31.5. The summed E-state index contributed by atoms with van der Waals surface area (Å²) in [5.41, 5.74) is 0. The molecular formula is C25H43FeNSn+2. The fourth-order valence-electron chi connectivity index (χ4n) is 2.78. The fraction of sp³-hybridized carbons (Fsp3) is 0.600. The molecule has 0 spiro atoms. The Hall–Kier alpha value is 1.28. The largest absolute Gasteiger partial charge is 2.00 e. The van der Waals surface area contributed by atoms with Gasteiger partial charge >= 0.3 is 109 Å². The van der Waals surface area contributed by atoms with Gasteiger partial charge in [0.05, 0.1) is 0 Å². The SMILES string of the molecule is CCC[CH2][Sn+]([CH2]CCC)[CH2]CCC.CN(C)C[C]1[C-][CH][CH][CH]1.[CH]1[CH][CH][CH][CH]1.[Fe+2]. The summed E-state index contributed by atoms with van der Waals surface area (Å²) in [4.78, 5) is 2.13. The number of nitrogens with zero attached hydrogens (tertiary/aromatic N) is 1. The van der Waals surface area contributed by atoms with Gasteiger partial charge in [0, 0.05) is 0 Å². The molecule has 2 rings (SSSR count). The molecule has 158 valence electrons. The van der Waals surface area contributed by atoms with E-state index < -0.39 is 19.8 Å². The molecule has 28 heavy (non-hydrogen) atoms. The molecular weight excluding hydrogens is 489 g/mol. The molecule has 0 unspecified atom stereocenters. The predicted molar refractivity (Wildman–Crippen MR) is 124 cm³/mol. The van der Waals surface area contributed by atoms with Gasteiger partial charge in [0.15, 0.2) is 0 Å². The van der Waals surface area contributed by atoms with Crippen molar-refractivity contribution >= 4 is 19.8 Å². The number of unbranched alkanes of at least 4 members (excludes halogenated alkanes) is 3. The molecule has 3 heteroatoms. The molecule has 0 aliphatic heterocycles. The molecule has 10 radical (unpaired) electrons. The van der Waals surface area contributed by atoms with E-state index in [4.69, 9.17) is 0 Å². The molecule has 0 atom stereocenters. The molecule has 2 saturated carbocycles. The van der Waals surface area contributed by atoms with Crippen LogP contribution in [0.25, 0.3) is 0 Å². The average Bonchev–Trinajstić information content (AvgIpc) is 3.38. The maximum absolute atomic E-state index is 3.13. The van der Waals surface area contributed by atoms with Crippen molar-refractivity contribution in [1.29, 1.82) is 0 Å². The summed E-state index contributed by atoms with van der Waals surface area (Å²) < 4.78 is 5.04. The standard InChI is InChI=1S/C8H11N.C5H5.3C4H9.Fe.Sn/c1-9(2)7-8-5-3-4-6-8;1-2-4-5-3-1;3*1-3-4-2;;/h3-5H,7H2,1-2H3;1-5H;3*1,3-4H2,2H3;;/q-1;;;;;+2;+1. The van der Waals surface area contributed by atoms with E-state index in [0.717, 1.165) is 6.54 Å². The van der Waals surface area contributed by atoms with E-state index in [-0.39, 0.29) is 17.1 Å².